The summed E-state index contributed by atoms with van der Waals surface area (Å²) in [6.45, 7) is 2.44. The smallest absolute Gasteiger partial charge is 0.317 e. The highest BCUT2D eigenvalue weighted by Gasteiger charge is 2.27. The number of nitrogens with zero attached hydrogens (tertiary/aromatic N) is 2. The first kappa shape index (κ1) is 14.6. The van der Waals surface area contributed by atoms with Crippen LogP contribution < -0.4 is 5.32 Å². The zero-order valence-electron chi connectivity index (χ0n) is 11.5. The maximum Gasteiger partial charge on any atom is 0.317 e. The Hall–Kier alpha value is -1.79. The van der Waals surface area contributed by atoms with Crippen LogP contribution in [0.1, 0.15) is 25.7 Å². The van der Waals surface area contributed by atoms with E-state index in [1.165, 1.54) is 0 Å². The summed E-state index contributed by atoms with van der Waals surface area (Å²) in [5, 5.41) is 11.5. The van der Waals surface area contributed by atoms with E-state index < -0.39 is 5.97 Å². The lowest BCUT2D eigenvalue weighted by Gasteiger charge is -2.30. The van der Waals surface area contributed by atoms with E-state index in [0.29, 0.717) is 25.9 Å². The maximum atomic E-state index is 11.9. The van der Waals surface area contributed by atoms with Gasteiger partial charge < -0.3 is 20.2 Å². The fourth-order valence-electron chi connectivity index (χ4n) is 2.67. The average molecular weight is 283 g/mol. The molecule has 0 spiro atoms. The van der Waals surface area contributed by atoms with Crippen molar-refractivity contribution in [2.75, 3.05) is 32.7 Å². The number of piperidine rings is 1. The van der Waals surface area contributed by atoms with Crippen LogP contribution in [0.3, 0.4) is 0 Å². The molecule has 0 atom stereocenters. The summed E-state index contributed by atoms with van der Waals surface area (Å²) in [5.41, 5.74) is 0. The van der Waals surface area contributed by atoms with Crippen molar-refractivity contribution in [3.05, 3.63) is 0 Å². The van der Waals surface area contributed by atoms with Gasteiger partial charge in [0.25, 0.3) is 0 Å². The third kappa shape index (κ3) is 3.61. The summed E-state index contributed by atoms with van der Waals surface area (Å²) in [7, 11) is 0. The highest BCUT2D eigenvalue weighted by Crippen LogP contribution is 2.17. The standard InChI is InChI=1S/C13H21N3O4/c17-11(15-5-1-2-6-15)9-14-13(20)16-7-3-10(4-8-16)12(18)19/h10H,1-9H2,(H,14,20)(H,18,19). The van der Waals surface area contributed by atoms with Gasteiger partial charge in [-0.1, -0.05) is 0 Å². The Morgan fingerprint density at radius 1 is 1.00 bits per heavy atom. The van der Waals surface area contributed by atoms with Gasteiger partial charge in [-0.25, -0.2) is 4.79 Å². The first-order valence-corrected chi connectivity index (χ1v) is 7.11. The van der Waals surface area contributed by atoms with Gasteiger partial charge >= 0.3 is 12.0 Å². The Balaban J connectivity index is 1.70. The van der Waals surface area contributed by atoms with E-state index in [4.69, 9.17) is 5.11 Å². The lowest BCUT2D eigenvalue weighted by Crippen LogP contribution is -2.48. The highest BCUT2D eigenvalue weighted by molar-refractivity contribution is 5.84. The van der Waals surface area contributed by atoms with E-state index >= 15 is 0 Å². The van der Waals surface area contributed by atoms with Gasteiger partial charge in [0.15, 0.2) is 0 Å². The number of carbonyl (C=O) groups excluding carboxylic acids is 2. The molecule has 2 aliphatic heterocycles. The Morgan fingerprint density at radius 2 is 1.60 bits per heavy atom. The molecule has 0 unspecified atom stereocenters. The van der Waals surface area contributed by atoms with Crippen molar-refractivity contribution in [2.24, 2.45) is 5.92 Å². The monoisotopic (exact) mass is 283 g/mol. The molecule has 20 heavy (non-hydrogen) atoms. The fraction of sp³-hybridized carbons (Fsp3) is 0.769. The van der Waals surface area contributed by atoms with Crippen molar-refractivity contribution in [3.63, 3.8) is 0 Å². The van der Waals surface area contributed by atoms with E-state index in [1.54, 1.807) is 9.80 Å². The molecule has 0 aromatic rings. The van der Waals surface area contributed by atoms with Gasteiger partial charge in [-0.3, -0.25) is 9.59 Å². The average Bonchev–Trinajstić information content (AvgIpc) is 2.98. The number of nitrogens with one attached hydrogen (secondary N) is 1. The van der Waals surface area contributed by atoms with Crippen LogP contribution in [0.2, 0.25) is 0 Å². The summed E-state index contributed by atoms with van der Waals surface area (Å²) in [5.74, 6) is -1.20. The second-order valence-corrected chi connectivity index (χ2v) is 5.35. The largest absolute Gasteiger partial charge is 0.481 e. The minimum absolute atomic E-state index is 0.0255. The van der Waals surface area contributed by atoms with Crippen LogP contribution in [0, 0.1) is 5.92 Å². The third-order valence-corrected chi connectivity index (χ3v) is 3.98. The molecule has 7 heteroatoms. The molecule has 2 fully saturated rings. The Bertz CT molecular complexity index is 385. The second-order valence-electron chi connectivity index (χ2n) is 5.35. The number of carbonyl (C=O) groups is 3. The molecular formula is C13H21N3O4. The van der Waals surface area contributed by atoms with Crippen LogP contribution in [0.4, 0.5) is 4.79 Å². The van der Waals surface area contributed by atoms with Gasteiger partial charge in [-0.15, -0.1) is 0 Å². The Labute approximate surface area is 117 Å². The van der Waals surface area contributed by atoms with Gasteiger partial charge in [-0.05, 0) is 25.7 Å². The van der Waals surface area contributed by atoms with Gasteiger partial charge in [0.1, 0.15) is 0 Å². The first-order chi connectivity index (χ1) is 9.58. The molecule has 2 saturated heterocycles. The highest BCUT2D eigenvalue weighted by atomic mass is 16.4. The normalized spacial score (nSPS) is 20.0. The molecule has 112 valence electrons. The van der Waals surface area contributed by atoms with Crippen molar-refractivity contribution in [1.29, 1.82) is 0 Å². The molecule has 7 nitrogen and oxygen atoms in total. The van der Waals surface area contributed by atoms with Gasteiger partial charge in [0, 0.05) is 26.2 Å². The number of carboxylic acids is 1. The maximum absolute atomic E-state index is 11.9. The molecule has 2 heterocycles. The van der Waals surface area contributed by atoms with Crippen LogP contribution in [0.15, 0.2) is 0 Å². The van der Waals surface area contributed by atoms with E-state index in [2.05, 4.69) is 5.32 Å². The van der Waals surface area contributed by atoms with Gasteiger partial charge in [0.05, 0.1) is 12.5 Å². The third-order valence-electron chi connectivity index (χ3n) is 3.98. The SMILES string of the molecule is O=C(O)C1CCN(C(=O)NCC(=O)N2CCCC2)CC1. The number of hydrogen-bond donors (Lipinski definition) is 2. The van der Waals surface area contributed by atoms with Crippen molar-refractivity contribution < 1.29 is 19.5 Å². The summed E-state index contributed by atoms with van der Waals surface area (Å²) >= 11 is 0. The van der Waals surface area contributed by atoms with E-state index in [9.17, 15) is 14.4 Å². The van der Waals surface area contributed by atoms with Crippen LogP contribution in [0.25, 0.3) is 0 Å². The van der Waals surface area contributed by atoms with E-state index in [0.717, 1.165) is 25.9 Å². The molecule has 2 N–H and O–H groups in total. The zero-order valence-corrected chi connectivity index (χ0v) is 11.5. The van der Waals surface area contributed by atoms with Gasteiger partial charge in [-0.2, -0.15) is 0 Å². The number of amides is 3. The quantitative estimate of drug-likeness (QED) is 0.769. The van der Waals surface area contributed by atoms with Crippen LogP contribution in [0.5, 0.6) is 0 Å². The second kappa shape index (κ2) is 6.58. The van der Waals surface area contributed by atoms with Crippen molar-refractivity contribution >= 4 is 17.9 Å². The van der Waals surface area contributed by atoms with Crippen LogP contribution in [-0.2, 0) is 9.59 Å². The summed E-state index contributed by atoms with van der Waals surface area (Å²) in [4.78, 5) is 37.8. The number of aliphatic carboxylic acids is 1. The number of hydrogen-bond acceptors (Lipinski definition) is 3. The minimum Gasteiger partial charge on any atom is -0.481 e. The van der Waals surface area contributed by atoms with Crippen LogP contribution in [-0.4, -0.2) is 65.5 Å². The molecule has 3 amide bonds. The number of rotatable bonds is 3. The molecule has 0 saturated carbocycles. The molecule has 2 aliphatic rings. The fourth-order valence-corrected chi connectivity index (χ4v) is 2.67. The number of likely N-dealkylation sites (tertiary alicyclic amines) is 2. The van der Waals surface area contributed by atoms with E-state index in [1.807, 2.05) is 0 Å². The summed E-state index contributed by atoms with van der Waals surface area (Å²) in [6, 6.07) is -0.276. The lowest BCUT2D eigenvalue weighted by molar-refractivity contribution is -0.143. The zero-order chi connectivity index (χ0) is 14.5. The predicted octanol–water partition coefficient (Wildman–Crippen LogP) is 0.115. The van der Waals surface area contributed by atoms with Crippen molar-refractivity contribution in [2.45, 2.75) is 25.7 Å². The summed E-state index contributed by atoms with van der Waals surface area (Å²) in [6.07, 6.45) is 3.01. The molecule has 0 bridgehead atoms. The molecule has 0 radical (unpaired) electrons. The van der Waals surface area contributed by atoms with Crippen molar-refractivity contribution in [3.8, 4) is 0 Å². The lowest BCUT2D eigenvalue weighted by atomic mass is 9.97. The first-order valence-electron chi connectivity index (χ1n) is 7.11. The molecule has 0 aromatic carbocycles. The Morgan fingerprint density at radius 3 is 2.15 bits per heavy atom. The van der Waals surface area contributed by atoms with Crippen molar-refractivity contribution in [1.82, 2.24) is 15.1 Å². The Kier molecular flexibility index (Phi) is 4.81. The number of urea groups is 1. The molecule has 0 aromatic heterocycles. The minimum atomic E-state index is -0.797. The van der Waals surface area contributed by atoms with Gasteiger partial charge in [0.2, 0.25) is 5.91 Å². The predicted molar refractivity (Wildman–Crippen MR) is 71.1 cm³/mol. The number of carboxylic acid groups (broad SMARTS) is 1. The topological polar surface area (TPSA) is 90.0 Å². The van der Waals surface area contributed by atoms with Crippen LogP contribution >= 0.6 is 0 Å². The molecular weight excluding hydrogens is 262 g/mol. The molecule has 2 rings (SSSR count). The van der Waals surface area contributed by atoms with E-state index in [-0.39, 0.29) is 24.4 Å². The molecule has 0 aliphatic carbocycles. The summed E-state index contributed by atoms with van der Waals surface area (Å²) < 4.78 is 0.